The predicted molar refractivity (Wildman–Crippen MR) is 69.5 cm³/mol. The average Bonchev–Trinajstić information content (AvgIpc) is 2.38. The van der Waals surface area contributed by atoms with Gasteiger partial charge in [0.05, 0.1) is 18.2 Å². The molecule has 2 aromatic carbocycles. The average molecular weight is 276 g/mol. The molecule has 0 spiro atoms. The van der Waals surface area contributed by atoms with Gasteiger partial charge in [0.15, 0.2) is 11.5 Å². The van der Waals surface area contributed by atoms with Crippen molar-refractivity contribution in [2.24, 2.45) is 0 Å². The van der Waals surface area contributed by atoms with Gasteiger partial charge in [-0.15, -0.1) is 0 Å². The van der Waals surface area contributed by atoms with E-state index in [0.29, 0.717) is 0 Å². The minimum Gasteiger partial charge on any atom is -0.508 e. The Hall–Kier alpha value is -2.89. The molecule has 0 saturated carbocycles. The third-order valence-corrected chi connectivity index (χ3v) is 2.79. The molecule has 4 N–H and O–H groups in total. The summed E-state index contributed by atoms with van der Waals surface area (Å²) in [4.78, 5) is 12.2. The fourth-order valence-corrected chi connectivity index (χ4v) is 1.80. The maximum atomic E-state index is 12.2. The second-order valence-electron chi connectivity index (χ2n) is 4.04. The van der Waals surface area contributed by atoms with E-state index in [4.69, 9.17) is 4.74 Å². The maximum absolute atomic E-state index is 12.2. The zero-order chi connectivity index (χ0) is 14.9. The van der Waals surface area contributed by atoms with Crippen LogP contribution < -0.4 is 4.74 Å². The number of aromatic hydroxyl groups is 4. The molecule has 0 saturated heterocycles. The Labute approximate surface area is 114 Å². The largest absolute Gasteiger partial charge is 0.508 e. The molecule has 6 heteroatoms. The van der Waals surface area contributed by atoms with E-state index in [1.165, 1.54) is 31.4 Å². The molecule has 0 radical (unpaired) electrons. The number of carbonyl (C=O) groups excluding carboxylic acids is 1. The number of rotatable bonds is 3. The number of hydrogen-bond acceptors (Lipinski definition) is 6. The number of methoxy groups -OCH3 is 1. The smallest absolute Gasteiger partial charge is 0.203 e. The summed E-state index contributed by atoms with van der Waals surface area (Å²) in [7, 11) is 1.24. The zero-order valence-corrected chi connectivity index (χ0v) is 10.5. The van der Waals surface area contributed by atoms with Gasteiger partial charge in [0, 0.05) is 6.07 Å². The molecule has 0 aromatic heterocycles. The zero-order valence-electron chi connectivity index (χ0n) is 10.5. The highest BCUT2D eigenvalue weighted by Gasteiger charge is 2.21. The number of ether oxygens (including phenoxy) is 1. The number of phenols is 4. The van der Waals surface area contributed by atoms with E-state index >= 15 is 0 Å². The van der Waals surface area contributed by atoms with Crippen LogP contribution in [0.4, 0.5) is 0 Å². The third-order valence-electron chi connectivity index (χ3n) is 2.79. The van der Waals surface area contributed by atoms with Crippen molar-refractivity contribution in [2.75, 3.05) is 7.11 Å². The first-order valence-electron chi connectivity index (χ1n) is 5.61. The molecular formula is C14H12O6. The summed E-state index contributed by atoms with van der Waals surface area (Å²) in [5.41, 5.74) is -0.230. The highest BCUT2D eigenvalue weighted by molar-refractivity contribution is 6.12. The van der Waals surface area contributed by atoms with E-state index in [2.05, 4.69) is 0 Å². The van der Waals surface area contributed by atoms with Gasteiger partial charge in [-0.2, -0.15) is 0 Å². The normalized spacial score (nSPS) is 10.2. The monoisotopic (exact) mass is 276 g/mol. The van der Waals surface area contributed by atoms with Crippen molar-refractivity contribution in [1.29, 1.82) is 0 Å². The number of ketones is 1. The Morgan fingerprint density at radius 2 is 1.60 bits per heavy atom. The molecule has 0 atom stereocenters. The third kappa shape index (κ3) is 2.18. The van der Waals surface area contributed by atoms with Crippen LogP contribution in [-0.4, -0.2) is 33.3 Å². The Morgan fingerprint density at radius 3 is 2.20 bits per heavy atom. The molecule has 0 heterocycles. The summed E-state index contributed by atoms with van der Waals surface area (Å²) >= 11 is 0. The molecule has 0 aliphatic carbocycles. The summed E-state index contributed by atoms with van der Waals surface area (Å²) < 4.78 is 4.80. The number of hydrogen-bond donors (Lipinski definition) is 4. The van der Waals surface area contributed by atoms with E-state index in [9.17, 15) is 25.2 Å². The van der Waals surface area contributed by atoms with Gasteiger partial charge in [0.1, 0.15) is 11.5 Å². The van der Waals surface area contributed by atoms with E-state index in [1.807, 2.05) is 0 Å². The lowest BCUT2D eigenvalue weighted by Gasteiger charge is -2.10. The summed E-state index contributed by atoms with van der Waals surface area (Å²) in [6.07, 6.45) is 0. The highest BCUT2D eigenvalue weighted by Crippen LogP contribution is 2.39. The summed E-state index contributed by atoms with van der Waals surface area (Å²) in [6.45, 7) is 0. The standard InChI is InChI=1S/C14H12O6/c1-20-14-10(16)5-4-9(13(14)19)12(18)8-3-2-7(15)6-11(8)17/h2-6,15-17,19H,1H3. The van der Waals surface area contributed by atoms with Gasteiger partial charge in [0.25, 0.3) is 0 Å². The molecule has 2 aromatic rings. The van der Waals surface area contributed by atoms with Crippen LogP contribution in [0.3, 0.4) is 0 Å². The summed E-state index contributed by atoms with van der Waals surface area (Å²) in [5.74, 6) is -2.33. The van der Waals surface area contributed by atoms with Crippen LogP contribution in [0.5, 0.6) is 28.7 Å². The van der Waals surface area contributed by atoms with Crippen LogP contribution in [0.25, 0.3) is 0 Å². The summed E-state index contributed by atoms with van der Waals surface area (Å²) in [6, 6.07) is 5.89. The van der Waals surface area contributed by atoms with E-state index in [-0.39, 0.29) is 28.4 Å². The lowest BCUT2D eigenvalue weighted by Crippen LogP contribution is -2.03. The van der Waals surface area contributed by atoms with E-state index < -0.39 is 17.3 Å². The van der Waals surface area contributed by atoms with Crippen molar-refractivity contribution in [1.82, 2.24) is 0 Å². The van der Waals surface area contributed by atoms with Gasteiger partial charge in [0.2, 0.25) is 11.5 Å². The summed E-state index contributed by atoms with van der Waals surface area (Å²) in [5, 5.41) is 38.2. The SMILES string of the molecule is COc1c(O)ccc(C(=O)c2ccc(O)cc2O)c1O. The molecule has 6 nitrogen and oxygen atoms in total. The maximum Gasteiger partial charge on any atom is 0.203 e. The van der Waals surface area contributed by atoms with Gasteiger partial charge in [-0.25, -0.2) is 0 Å². The van der Waals surface area contributed by atoms with Crippen LogP contribution in [0, 0.1) is 0 Å². The molecule has 0 unspecified atom stereocenters. The van der Waals surface area contributed by atoms with Gasteiger partial charge in [-0.05, 0) is 24.3 Å². The molecule has 0 amide bonds. The van der Waals surface area contributed by atoms with Gasteiger partial charge < -0.3 is 25.2 Å². The molecule has 0 aliphatic heterocycles. The first-order valence-corrected chi connectivity index (χ1v) is 5.61. The van der Waals surface area contributed by atoms with Crippen molar-refractivity contribution in [2.45, 2.75) is 0 Å². The molecule has 104 valence electrons. The molecular weight excluding hydrogens is 264 g/mol. The van der Waals surface area contributed by atoms with E-state index in [0.717, 1.165) is 6.07 Å². The van der Waals surface area contributed by atoms with Gasteiger partial charge >= 0.3 is 0 Å². The van der Waals surface area contributed by atoms with Crippen molar-refractivity contribution >= 4 is 5.78 Å². The first-order chi connectivity index (χ1) is 9.45. The second-order valence-corrected chi connectivity index (χ2v) is 4.04. The van der Waals surface area contributed by atoms with Crippen molar-refractivity contribution in [3.63, 3.8) is 0 Å². The minimum absolute atomic E-state index is 0.0918. The fraction of sp³-hybridized carbons (Fsp3) is 0.0714. The topological polar surface area (TPSA) is 107 Å². The molecule has 0 aliphatic rings. The van der Waals surface area contributed by atoms with Crippen LogP contribution in [0.15, 0.2) is 30.3 Å². The quantitative estimate of drug-likeness (QED) is 0.636. The lowest BCUT2D eigenvalue weighted by molar-refractivity contribution is 0.103. The molecule has 0 fully saturated rings. The van der Waals surface area contributed by atoms with Crippen LogP contribution in [0.1, 0.15) is 15.9 Å². The van der Waals surface area contributed by atoms with Crippen LogP contribution >= 0.6 is 0 Å². The Morgan fingerprint density at radius 1 is 0.950 bits per heavy atom. The second kappa shape index (κ2) is 5.00. The highest BCUT2D eigenvalue weighted by atomic mass is 16.5. The Bertz CT molecular complexity index is 678. The number of benzene rings is 2. The van der Waals surface area contributed by atoms with Gasteiger partial charge in [-0.3, -0.25) is 4.79 Å². The predicted octanol–water partition coefficient (Wildman–Crippen LogP) is 1.75. The Kier molecular flexibility index (Phi) is 3.39. The van der Waals surface area contributed by atoms with E-state index in [1.54, 1.807) is 0 Å². The van der Waals surface area contributed by atoms with Crippen molar-refractivity contribution < 1.29 is 30.0 Å². The fourth-order valence-electron chi connectivity index (χ4n) is 1.80. The van der Waals surface area contributed by atoms with Gasteiger partial charge in [-0.1, -0.05) is 0 Å². The van der Waals surface area contributed by atoms with Crippen LogP contribution in [0.2, 0.25) is 0 Å². The molecule has 2 rings (SSSR count). The minimum atomic E-state index is -0.668. The number of phenolic OH excluding ortho intramolecular Hbond substituents is 4. The Balaban J connectivity index is 2.54. The molecule has 0 bridgehead atoms. The first kappa shape index (κ1) is 13.5. The van der Waals surface area contributed by atoms with Crippen LogP contribution in [-0.2, 0) is 0 Å². The number of carbonyl (C=O) groups is 1. The molecule has 20 heavy (non-hydrogen) atoms. The van der Waals surface area contributed by atoms with Crippen molar-refractivity contribution in [3.05, 3.63) is 41.5 Å². The van der Waals surface area contributed by atoms with Crippen molar-refractivity contribution in [3.8, 4) is 28.7 Å². The lowest BCUT2D eigenvalue weighted by atomic mass is 10.0.